The second-order valence-electron chi connectivity index (χ2n) is 7.21. The van der Waals surface area contributed by atoms with Gasteiger partial charge in [-0.3, -0.25) is 19.1 Å². The third kappa shape index (κ3) is 4.85. The molecule has 3 N–H and O–H groups in total. The van der Waals surface area contributed by atoms with Gasteiger partial charge >= 0.3 is 5.97 Å². The molecule has 3 heterocycles. The van der Waals surface area contributed by atoms with Crippen molar-refractivity contribution >= 4 is 45.8 Å². The first kappa shape index (κ1) is 22.0. The maximum atomic E-state index is 12.8. The molecule has 11 nitrogen and oxygen atoms in total. The molecule has 0 aliphatic rings. The van der Waals surface area contributed by atoms with Crippen molar-refractivity contribution in [2.75, 3.05) is 5.32 Å². The first-order valence-corrected chi connectivity index (χ1v) is 10.6. The minimum absolute atomic E-state index is 0.136. The first-order chi connectivity index (χ1) is 15.8. The van der Waals surface area contributed by atoms with Gasteiger partial charge in [0.1, 0.15) is 21.9 Å². The number of hydrogen-bond donors (Lipinski definition) is 3. The van der Waals surface area contributed by atoms with Crippen molar-refractivity contribution in [1.29, 1.82) is 0 Å². The van der Waals surface area contributed by atoms with Gasteiger partial charge in [-0.15, -0.1) is 11.3 Å². The molecule has 4 rings (SSSR count). The van der Waals surface area contributed by atoms with E-state index in [0.29, 0.717) is 32.2 Å². The Labute approximate surface area is 191 Å². The van der Waals surface area contributed by atoms with Gasteiger partial charge in [0.2, 0.25) is 0 Å². The largest absolute Gasteiger partial charge is 0.481 e. The van der Waals surface area contributed by atoms with Crippen molar-refractivity contribution in [1.82, 2.24) is 30.0 Å². The second-order valence-corrected chi connectivity index (χ2v) is 8.27. The maximum absolute atomic E-state index is 12.8. The van der Waals surface area contributed by atoms with E-state index in [-0.39, 0.29) is 18.0 Å². The number of nitrogens with one attached hydrogen (secondary N) is 2. The number of aliphatic carboxylic acids is 1. The van der Waals surface area contributed by atoms with Crippen LogP contribution in [0.3, 0.4) is 0 Å². The fourth-order valence-electron chi connectivity index (χ4n) is 3.19. The monoisotopic (exact) mass is 465 g/mol. The van der Waals surface area contributed by atoms with Crippen LogP contribution in [0.2, 0.25) is 0 Å². The third-order valence-corrected chi connectivity index (χ3v) is 5.93. The number of aromatic nitrogens is 5. The van der Waals surface area contributed by atoms with Gasteiger partial charge in [0.25, 0.3) is 11.8 Å². The fraction of sp³-hybridized carbons (Fsp3) is 0.190. The predicted molar refractivity (Wildman–Crippen MR) is 120 cm³/mol. The fourth-order valence-corrected chi connectivity index (χ4v) is 4.00. The molecule has 0 fully saturated rings. The highest BCUT2D eigenvalue weighted by Gasteiger charge is 2.20. The summed E-state index contributed by atoms with van der Waals surface area (Å²) < 4.78 is 1.56. The molecule has 4 aromatic rings. The number of carbonyl (C=O) groups excluding carboxylic acids is 2. The quantitative estimate of drug-likeness (QED) is 0.376. The summed E-state index contributed by atoms with van der Waals surface area (Å²) >= 11 is 1.15. The van der Waals surface area contributed by atoms with E-state index in [1.807, 2.05) is 0 Å². The van der Waals surface area contributed by atoms with Crippen molar-refractivity contribution in [3.05, 3.63) is 64.1 Å². The minimum Gasteiger partial charge on any atom is -0.481 e. The molecular weight excluding hydrogens is 446 g/mol. The molecule has 0 aliphatic heterocycles. The number of fused-ring (bicyclic) bond motifs is 1. The first-order valence-electron chi connectivity index (χ1n) is 9.83. The lowest BCUT2D eigenvalue weighted by molar-refractivity contribution is -0.136. The zero-order valence-corrected chi connectivity index (χ0v) is 18.5. The van der Waals surface area contributed by atoms with E-state index in [9.17, 15) is 14.4 Å². The van der Waals surface area contributed by atoms with Crippen LogP contribution < -0.4 is 10.6 Å². The highest BCUT2D eigenvalue weighted by Crippen LogP contribution is 2.22. The highest BCUT2D eigenvalue weighted by atomic mass is 32.1. The number of carboxylic acids is 1. The Morgan fingerprint density at radius 2 is 1.97 bits per heavy atom. The van der Waals surface area contributed by atoms with Crippen LogP contribution in [0.4, 0.5) is 5.69 Å². The van der Waals surface area contributed by atoms with Gasteiger partial charge in [-0.1, -0.05) is 12.1 Å². The number of anilines is 1. The average molecular weight is 465 g/mol. The van der Waals surface area contributed by atoms with Crippen LogP contribution >= 0.6 is 11.3 Å². The Kier molecular flexibility index (Phi) is 6.09. The van der Waals surface area contributed by atoms with Crippen molar-refractivity contribution in [3.8, 4) is 0 Å². The molecule has 1 aromatic carbocycles. The lowest BCUT2D eigenvalue weighted by Gasteiger charge is -2.11. The Morgan fingerprint density at radius 1 is 1.15 bits per heavy atom. The molecule has 168 valence electrons. The molecule has 0 saturated heterocycles. The predicted octanol–water partition coefficient (Wildman–Crippen LogP) is 2.19. The lowest BCUT2D eigenvalue weighted by atomic mass is 10.1. The second kappa shape index (κ2) is 9.12. The van der Waals surface area contributed by atoms with Gasteiger partial charge in [0.05, 0.1) is 30.2 Å². The molecule has 2 amide bonds. The molecule has 0 aliphatic carbocycles. The molecule has 33 heavy (non-hydrogen) atoms. The molecule has 0 saturated carbocycles. The van der Waals surface area contributed by atoms with Crippen LogP contribution in [0.5, 0.6) is 0 Å². The summed E-state index contributed by atoms with van der Waals surface area (Å²) in [6.45, 7) is 1.76. The number of carbonyl (C=O) groups is 3. The van der Waals surface area contributed by atoms with Gasteiger partial charge in [0.15, 0.2) is 5.65 Å². The summed E-state index contributed by atoms with van der Waals surface area (Å²) in [5.41, 5.74) is 1.81. The average Bonchev–Trinajstić information content (AvgIpc) is 3.41. The number of hydrogen-bond acceptors (Lipinski definition) is 8. The van der Waals surface area contributed by atoms with E-state index in [1.54, 1.807) is 42.9 Å². The Morgan fingerprint density at radius 3 is 2.76 bits per heavy atom. The van der Waals surface area contributed by atoms with E-state index in [1.165, 1.54) is 18.7 Å². The SMILES string of the molecule is CC(NC(=O)c1ncnc2c1cnn2C)c1ncc(C(=O)Nc2cccc(CC(=O)O)c2)s1. The number of carboxylic acid groups (broad SMARTS) is 1. The van der Waals surface area contributed by atoms with Crippen molar-refractivity contribution in [2.24, 2.45) is 7.05 Å². The summed E-state index contributed by atoms with van der Waals surface area (Å²) in [4.78, 5) is 49.1. The van der Waals surface area contributed by atoms with Crippen LogP contribution in [-0.4, -0.2) is 47.6 Å². The van der Waals surface area contributed by atoms with Crippen molar-refractivity contribution in [2.45, 2.75) is 19.4 Å². The third-order valence-electron chi connectivity index (χ3n) is 4.75. The molecule has 1 atom stereocenters. The number of amides is 2. The minimum atomic E-state index is -0.951. The summed E-state index contributed by atoms with van der Waals surface area (Å²) in [5, 5.41) is 19.7. The van der Waals surface area contributed by atoms with E-state index >= 15 is 0 Å². The van der Waals surface area contributed by atoms with Crippen molar-refractivity contribution in [3.63, 3.8) is 0 Å². The lowest BCUT2D eigenvalue weighted by Crippen LogP contribution is -2.27. The van der Waals surface area contributed by atoms with Crippen LogP contribution in [0.25, 0.3) is 11.0 Å². The maximum Gasteiger partial charge on any atom is 0.307 e. The van der Waals surface area contributed by atoms with Crippen molar-refractivity contribution < 1.29 is 19.5 Å². The molecule has 12 heteroatoms. The van der Waals surface area contributed by atoms with Crippen LogP contribution in [-0.2, 0) is 18.3 Å². The summed E-state index contributed by atoms with van der Waals surface area (Å²) in [6.07, 6.45) is 4.14. The molecule has 0 radical (unpaired) electrons. The summed E-state index contributed by atoms with van der Waals surface area (Å²) in [5.74, 6) is -1.73. The molecule has 1 unspecified atom stereocenters. The Bertz CT molecular complexity index is 1360. The zero-order chi connectivity index (χ0) is 23.5. The molecule has 0 bridgehead atoms. The van der Waals surface area contributed by atoms with Gasteiger partial charge in [0, 0.05) is 12.7 Å². The van der Waals surface area contributed by atoms with Gasteiger partial charge in [-0.2, -0.15) is 5.10 Å². The zero-order valence-electron chi connectivity index (χ0n) is 17.6. The van der Waals surface area contributed by atoms with E-state index in [4.69, 9.17) is 5.11 Å². The standard InChI is InChI=1S/C21H19N7O4S/c1-11(26-20(32)17-14-8-25-28(2)18(14)24-10-23-17)21-22-9-15(33-21)19(31)27-13-5-3-4-12(6-13)7-16(29)30/h3-6,8-11H,7H2,1-2H3,(H,26,32)(H,27,31)(H,29,30). The molecular formula is C21H19N7O4S. The number of benzene rings is 1. The summed E-state index contributed by atoms with van der Waals surface area (Å²) in [7, 11) is 1.73. The molecule has 0 spiro atoms. The van der Waals surface area contributed by atoms with E-state index in [2.05, 4.69) is 30.7 Å². The van der Waals surface area contributed by atoms with Crippen LogP contribution in [0.1, 0.15) is 43.7 Å². The number of thiazole rings is 1. The smallest absolute Gasteiger partial charge is 0.307 e. The highest BCUT2D eigenvalue weighted by molar-refractivity contribution is 7.13. The van der Waals surface area contributed by atoms with Crippen LogP contribution in [0.15, 0.2) is 43.0 Å². The summed E-state index contributed by atoms with van der Waals surface area (Å²) in [6, 6.07) is 6.17. The van der Waals surface area contributed by atoms with Gasteiger partial charge in [-0.05, 0) is 24.6 Å². The van der Waals surface area contributed by atoms with Gasteiger partial charge in [-0.25, -0.2) is 15.0 Å². The molecule has 3 aromatic heterocycles. The number of aryl methyl sites for hydroxylation is 1. The van der Waals surface area contributed by atoms with Gasteiger partial charge < -0.3 is 15.7 Å². The van der Waals surface area contributed by atoms with E-state index in [0.717, 1.165) is 11.3 Å². The van der Waals surface area contributed by atoms with Crippen LogP contribution in [0, 0.1) is 0 Å². The Balaban J connectivity index is 1.43. The number of rotatable bonds is 7. The normalized spacial score (nSPS) is 11.8. The number of nitrogens with zero attached hydrogens (tertiary/aromatic N) is 5. The Hall–Kier alpha value is -4.19. The van der Waals surface area contributed by atoms with E-state index < -0.39 is 17.9 Å². The topological polar surface area (TPSA) is 152 Å².